The molecule has 3 aromatic rings. The van der Waals surface area contributed by atoms with E-state index in [1.807, 2.05) is 16.7 Å². The van der Waals surface area contributed by atoms with Gasteiger partial charge in [0.25, 0.3) is 0 Å². The third kappa shape index (κ3) is 7.40. The van der Waals surface area contributed by atoms with Crippen molar-refractivity contribution >= 4 is 30.6 Å². The van der Waals surface area contributed by atoms with Gasteiger partial charge in [-0.05, 0) is 49.2 Å². The van der Waals surface area contributed by atoms with Crippen molar-refractivity contribution in [2.24, 2.45) is 5.92 Å². The topological polar surface area (TPSA) is 76.5 Å². The van der Waals surface area contributed by atoms with Crippen LogP contribution in [0.5, 0.6) is 0 Å². The standard InChI is InChI=1S/C29H41F3N6O2Si/c1-41(2,3)16-15-40-20-38-25(17-24-27(34-19-35-28(24)38)37-11-13-39-14-12-37)21-6-8-23(9-7-21)36-26(29(30,31)32)22-5-4-10-33-18-22/h6-9,17,19,22,26,33,36H,4-5,10-16,18,20H2,1-3H3/t22?,26-/m0/s1. The lowest BCUT2D eigenvalue weighted by Gasteiger charge is -2.33. The summed E-state index contributed by atoms with van der Waals surface area (Å²) in [4.78, 5) is 11.4. The van der Waals surface area contributed by atoms with Gasteiger partial charge in [-0.15, -0.1) is 0 Å². The Morgan fingerprint density at radius 1 is 1.15 bits per heavy atom. The average molecular weight is 591 g/mol. The molecule has 0 amide bonds. The number of hydrogen-bond acceptors (Lipinski definition) is 7. The van der Waals surface area contributed by atoms with E-state index in [4.69, 9.17) is 9.47 Å². The minimum atomic E-state index is -4.34. The van der Waals surface area contributed by atoms with Gasteiger partial charge in [0.2, 0.25) is 0 Å². The van der Waals surface area contributed by atoms with Crippen LogP contribution in [0.2, 0.25) is 25.7 Å². The average Bonchev–Trinajstić information content (AvgIpc) is 3.33. The summed E-state index contributed by atoms with van der Waals surface area (Å²) in [5.41, 5.74) is 2.98. The van der Waals surface area contributed by atoms with Gasteiger partial charge >= 0.3 is 6.18 Å². The van der Waals surface area contributed by atoms with Gasteiger partial charge in [-0.2, -0.15) is 13.2 Å². The second-order valence-electron chi connectivity index (χ2n) is 12.2. The summed E-state index contributed by atoms with van der Waals surface area (Å²) in [6, 6.07) is 8.70. The maximum Gasteiger partial charge on any atom is 0.408 e. The molecule has 224 valence electrons. The summed E-state index contributed by atoms with van der Waals surface area (Å²) in [5.74, 6) is 0.351. The molecule has 0 bridgehead atoms. The number of benzene rings is 1. The molecule has 4 heterocycles. The van der Waals surface area contributed by atoms with Crippen molar-refractivity contribution < 1.29 is 22.6 Å². The van der Waals surface area contributed by atoms with Crippen LogP contribution in [0.25, 0.3) is 22.3 Å². The lowest BCUT2D eigenvalue weighted by molar-refractivity contribution is -0.154. The van der Waals surface area contributed by atoms with Gasteiger partial charge in [0.1, 0.15) is 30.6 Å². The highest BCUT2D eigenvalue weighted by Gasteiger charge is 2.44. The molecule has 2 atom stereocenters. The summed E-state index contributed by atoms with van der Waals surface area (Å²) in [6.45, 7) is 11.8. The van der Waals surface area contributed by atoms with Crippen molar-refractivity contribution in [2.75, 3.05) is 56.2 Å². The summed E-state index contributed by atoms with van der Waals surface area (Å²) in [5, 5.41) is 6.81. The zero-order valence-electron chi connectivity index (χ0n) is 24.1. The number of nitrogens with zero attached hydrogens (tertiary/aromatic N) is 4. The van der Waals surface area contributed by atoms with Gasteiger partial charge in [-0.25, -0.2) is 9.97 Å². The molecule has 2 fully saturated rings. The molecule has 0 saturated carbocycles. The van der Waals surface area contributed by atoms with Crippen molar-refractivity contribution in [2.45, 2.75) is 57.5 Å². The van der Waals surface area contributed by atoms with Crippen LogP contribution in [0.15, 0.2) is 36.7 Å². The van der Waals surface area contributed by atoms with Crippen LogP contribution < -0.4 is 15.5 Å². The lowest BCUT2D eigenvalue weighted by atomic mass is 9.91. The monoisotopic (exact) mass is 590 g/mol. The summed E-state index contributed by atoms with van der Waals surface area (Å²) in [6.07, 6.45) is -1.46. The van der Waals surface area contributed by atoms with E-state index >= 15 is 0 Å². The lowest BCUT2D eigenvalue weighted by Crippen LogP contribution is -2.48. The Balaban J connectivity index is 1.44. The molecular formula is C29H41F3N6O2Si. The van der Waals surface area contributed by atoms with Gasteiger partial charge in [0.15, 0.2) is 0 Å². The minimum Gasteiger partial charge on any atom is -0.378 e. The molecule has 41 heavy (non-hydrogen) atoms. The summed E-state index contributed by atoms with van der Waals surface area (Å²) < 4.78 is 55.7. The minimum absolute atomic E-state index is 0.327. The Morgan fingerprint density at radius 2 is 1.90 bits per heavy atom. The third-order valence-electron chi connectivity index (χ3n) is 7.86. The first-order valence-electron chi connectivity index (χ1n) is 14.5. The number of alkyl halides is 3. The zero-order chi connectivity index (χ0) is 29.0. The highest BCUT2D eigenvalue weighted by Crippen LogP contribution is 2.35. The van der Waals surface area contributed by atoms with Crippen molar-refractivity contribution in [3.8, 4) is 11.3 Å². The second kappa shape index (κ2) is 12.7. The number of morpholine rings is 1. The molecule has 0 aliphatic carbocycles. The maximum atomic E-state index is 14.0. The van der Waals surface area contributed by atoms with E-state index in [1.54, 1.807) is 18.5 Å². The SMILES string of the molecule is C[Si](C)(C)CCOCn1c(-c2ccc(N[C@@H](C3CCCNC3)C(F)(F)F)cc2)cc2c(N3CCOCC3)ncnc21. The number of nitrogens with one attached hydrogen (secondary N) is 2. The Kier molecular flexibility index (Phi) is 9.22. The van der Waals surface area contributed by atoms with E-state index in [-0.39, 0.29) is 0 Å². The second-order valence-corrected chi connectivity index (χ2v) is 17.8. The van der Waals surface area contributed by atoms with E-state index in [0.717, 1.165) is 60.2 Å². The number of anilines is 2. The van der Waals surface area contributed by atoms with E-state index in [1.165, 1.54) is 0 Å². The Bertz CT molecular complexity index is 1280. The van der Waals surface area contributed by atoms with Crippen LogP contribution in [0.1, 0.15) is 12.8 Å². The normalized spacial score (nSPS) is 19.5. The molecule has 2 saturated heterocycles. The van der Waals surface area contributed by atoms with Crippen LogP contribution in [0.4, 0.5) is 24.7 Å². The van der Waals surface area contributed by atoms with Crippen LogP contribution in [-0.2, 0) is 16.2 Å². The first-order valence-corrected chi connectivity index (χ1v) is 18.2. The Labute approximate surface area is 240 Å². The largest absolute Gasteiger partial charge is 0.408 e. The predicted octanol–water partition coefficient (Wildman–Crippen LogP) is 5.59. The van der Waals surface area contributed by atoms with Gasteiger partial charge < -0.3 is 29.6 Å². The van der Waals surface area contributed by atoms with Crippen molar-refractivity contribution in [3.63, 3.8) is 0 Å². The molecule has 2 aliphatic rings. The van der Waals surface area contributed by atoms with E-state index < -0.39 is 26.2 Å². The predicted molar refractivity (Wildman–Crippen MR) is 159 cm³/mol. The maximum absolute atomic E-state index is 14.0. The van der Waals surface area contributed by atoms with E-state index in [2.05, 4.69) is 51.2 Å². The molecule has 0 spiro atoms. The molecule has 12 heteroatoms. The third-order valence-corrected chi connectivity index (χ3v) is 9.56. The number of rotatable bonds is 10. The van der Waals surface area contributed by atoms with Crippen LogP contribution in [0, 0.1) is 5.92 Å². The Hall–Kier alpha value is -2.67. The first-order chi connectivity index (χ1) is 19.6. The number of fused-ring (bicyclic) bond motifs is 1. The molecule has 1 unspecified atom stereocenters. The van der Waals surface area contributed by atoms with Crippen molar-refractivity contribution in [1.82, 2.24) is 19.9 Å². The molecule has 2 aromatic heterocycles. The van der Waals surface area contributed by atoms with Crippen molar-refractivity contribution in [1.29, 1.82) is 0 Å². The molecule has 2 aliphatic heterocycles. The molecular weight excluding hydrogens is 549 g/mol. The number of aromatic nitrogens is 3. The van der Waals surface area contributed by atoms with E-state index in [0.29, 0.717) is 45.2 Å². The highest BCUT2D eigenvalue weighted by molar-refractivity contribution is 6.76. The summed E-state index contributed by atoms with van der Waals surface area (Å²) in [7, 11) is -1.26. The number of ether oxygens (including phenoxy) is 2. The van der Waals surface area contributed by atoms with Gasteiger partial charge in [0.05, 0.1) is 24.3 Å². The first kappa shape index (κ1) is 29.8. The van der Waals surface area contributed by atoms with E-state index in [9.17, 15) is 13.2 Å². The fourth-order valence-electron chi connectivity index (χ4n) is 5.53. The van der Waals surface area contributed by atoms with Crippen LogP contribution >= 0.6 is 0 Å². The summed E-state index contributed by atoms with van der Waals surface area (Å²) >= 11 is 0. The Morgan fingerprint density at radius 3 is 2.56 bits per heavy atom. The van der Waals surface area contributed by atoms with Gasteiger partial charge in [-0.3, -0.25) is 0 Å². The number of hydrogen-bond donors (Lipinski definition) is 2. The quantitative estimate of drug-likeness (QED) is 0.236. The molecule has 0 radical (unpaired) electrons. The van der Waals surface area contributed by atoms with Gasteiger partial charge in [0, 0.05) is 45.9 Å². The highest BCUT2D eigenvalue weighted by atomic mass is 28.3. The number of piperidine rings is 1. The molecule has 5 rings (SSSR count). The van der Waals surface area contributed by atoms with Crippen LogP contribution in [-0.4, -0.2) is 80.8 Å². The molecule has 1 aromatic carbocycles. The van der Waals surface area contributed by atoms with Crippen molar-refractivity contribution in [3.05, 3.63) is 36.7 Å². The fourth-order valence-corrected chi connectivity index (χ4v) is 6.29. The smallest absolute Gasteiger partial charge is 0.378 e. The number of halogens is 3. The van der Waals surface area contributed by atoms with Crippen LogP contribution in [0.3, 0.4) is 0 Å². The molecule has 8 nitrogen and oxygen atoms in total. The molecule has 2 N–H and O–H groups in total. The fraction of sp³-hybridized carbons (Fsp3) is 0.586. The van der Waals surface area contributed by atoms with Gasteiger partial charge in [-0.1, -0.05) is 31.8 Å². The zero-order valence-corrected chi connectivity index (χ0v) is 25.1.